The first-order chi connectivity index (χ1) is 9.88. The lowest BCUT2D eigenvalue weighted by Crippen LogP contribution is -2.50. The number of ether oxygens (including phenoxy) is 1. The molecule has 3 rings (SSSR count). The van der Waals surface area contributed by atoms with Crippen molar-refractivity contribution in [1.82, 2.24) is 0 Å². The Bertz CT molecular complexity index is 636. The number of methoxy groups -OCH3 is 1. The maximum absolute atomic E-state index is 13.9. The third-order valence-corrected chi connectivity index (χ3v) is 7.45. The molecular weight excluding hydrogens is 295 g/mol. The normalized spacial score (nSPS) is 34.4. The molecule has 2 atom stereocenters. The van der Waals surface area contributed by atoms with Crippen molar-refractivity contribution >= 4 is 9.84 Å². The predicted molar refractivity (Wildman–Crippen MR) is 76.4 cm³/mol. The van der Waals surface area contributed by atoms with Gasteiger partial charge in [-0.15, -0.1) is 0 Å². The van der Waals surface area contributed by atoms with Crippen molar-refractivity contribution in [2.75, 3.05) is 7.11 Å². The van der Waals surface area contributed by atoms with Crippen LogP contribution in [-0.2, 0) is 15.4 Å². The molecule has 2 fully saturated rings. The van der Waals surface area contributed by atoms with Gasteiger partial charge in [0.15, 0.2) is 21.4 Å². The van der Waals surface area contributed by atoms with Gasteiger partial charge >= 0.3 is 0 Å². The van der Waals surface area contributed by atoms with E-state index in [0.29, 0.717) is 18.4 Å². The Morgan fingerprint density at radius 3 is 2.48 bits per heavy atom. The van der Waals surface area contributed by atoms with Crippen molar-refractivity contribution in [3.05, 3.63) is 29.6 Å². The van der Waals surface area contributed by atoms with Gasteiger partial charge in [-0.1, -0.05) is 18.6 Å². The number of hydrogen-bond acceptors (Lipinski definition) is 4. The van der Waals surface area contributed by atoms with E-state index >= 15 is 0 Å². The second-order valence-corrected chi connectivity index (χ2v) is 8.54. The van der Waals surface area contributed by atoms with E-state index in [1.54, 1.807) is 6.07 Å². The lowest BCUT2D eigenvalue weighted by molar-refractivity contribution is 0.00258. The van der Waals surface area contributed by atoms with Gasteiger partial charge in [0, 0.05) is 5.56 Å². The van der Waals surface area contributed by atoms with E-state index in [2.05, 4.69) is 0 Å². The molecule has 0 spiro atoms. The van der Waals surface area contributed by atoms with Crippen LogP contribution in [0.15, 0.2) is 18.2 Å². The van der Waals surface area contributed by atoms with E-state index in [1.165, 1.54) is 19.2 Å². The molecule has 2 saturated heterocycles. The molecule has 0 radical (unpaired) electrons. The summed E-state index contributed by atoms with van der Waals surface area (Å²) in [6.45, 7) is 0. The van der Waals surface area contributed by atoms with Crippen LogP contribution in [0.3, 0.4) is 0 Å². The smallest absolute Gasteiger partial charge is 0.165 e. The van der Waals surface area contributed by atoms with E-state index in [9.17, 15) is 17.9 Å². The topological polar surface area (TPSA) is 63.6 Å². The number of para-hydroxylation sites is 1. The Morgan fingerprint density at radius 2 is 1.90 bits per heavy atom. The van der Waals surface area contributed by atoms with Gasteiger partial charge in [0.25, 0.3) is 0 Å². The summed E-state index contributed by atoms with van der Waals surface area (Å²) >= 11 is 0. The van der Waals surface area contributed by atoms with Crippen molar-refractivity contribution in [3.63, 3.8) is 0 Å². The van der Waals surface area contributed by atoms with Gasteiger partial charge in [-0.2, -0.15) is 0 Å². The van der Waals surface area contributed by atoms with Gasteiger partial charge in [-0.3, -0.25) is 0 Å². The van der Waals surface area contributed by atoms with E-state index in [-0.39, 0.29) is 18.6 Å². The van der Waals surface area contributed by atoms with E-state index in [0.717, 1.165) is 6.42 Å². The highest BCUT2D eigenvalue weighted by molar-refractivity contribution is 7.92. The molecule has 2 aliphatic heterocycles. The minimum absolute atomic E-state index is 0.0115. The monoisotopic (exact) mass is 314 g/mol. The molecule has 4 nitrogen and oxygen atoms in total. The van der Waals surface area contributed by atoms with Crippen LogP contribution in [0.5, 0.6) is 5.75 Å². The van der Waals surface area contributed by atoms with Crippen LogP contribution in [0.1, 0.15) is 37.7 Å². The highest BCUT2D eigenvalue weighted by Crippen LogP contribution is 2.48. The fourth-order valence-electron chi connectivity index (χ4n) is 3.75. The number of aliphatic hydroxyl groups is 1. The number of sulfone groups is 1. The summed E-state index contributed by atoms with van der Waals surface area (Å²) in [7, 11) is -1.82. The van der Waals surface area contributed by atoms with Crippen LogP contribution in [0.4, 0.5) is 4.39 Å². The highest BCUT2D eigenvalue weighted by atomic mass is 32.2. The van der Waals surface area contributed by atoms with Crippen molar-refractivity contribution in [3.8, 4) is 5.75 Å². The van der Waals surface area contributed by atoms with Gasteiger partial charge in [-0.05, 0) is 31.7 Å². The predicted octanol–water partition coefficient (Wildman–Crippen LogP) is 2.15. The summed E-state index contributed by atoms with van der Waals surface area (Å²) in [6.07, 6.45) is 2.24. The molecule has 0 aromatic heterocycles. The number of rotatable bonds is 2. The van der Waals surface area contributed by atoms with Crippen LogP contribution < -0.4 is 4.74 Å². The minimum Gasteiger partial charge on any atom is -0.493 e. The van der Waals surface area contributed by atoms with E-state index in [4.69, 9.17) is 4.74 Å². The number of fused-ring (bicyclic) bond motifs is 2. The second kappa shape index (κ2) is 4.95. The largest absolute Gasteiger partial charge is 0.493 e. The average molecular weight is 314 g/mol. The lowest BCUT2D eigenvalue weighted by Gasteiger charge is -2.44. The first-order valence-corrected chi connectivity index (χ1v) is 8.77. The summed E-state index contributed by atoms with van der Waals surface area (Å²) in [4.78, 5) is 0. The SMILES string of the molecule is COc1c(F)cccc1C1(O)CC2CCCC(C1)S2(=O)=O. The molecular formula is C15H19FO4S. The Hall–Kier alpha value is -1.14. The van der Waals surface area contributed by atoms with Crippen LogP contribution in [0, 0.1) is 5.82 Å². The van der Waals surface area contributed by atoms with Crippen molar-refractivity contribution in [1.29, 1.82) is 0 Å². The number of hydrogen-bond donors (Lipinski definition) is 1. The molecule has 2 bridgehead atoms. The Labute approximate surface area is 123 Å². The zero-order chi connectivity index (χ0) is 15.3. The maximum Gasteiger partial charge on any atom is 0.165 e. The zero-order valence-electron chi connectivity index (χ0n) is 11.9. The third-order valence-electron chi connectivity index (χ3n) is 4.78. The maximum atomic E-state index is 13.9. The summed E-state index contributed by atoms with van der Waals surface area (Å²) < 4.78 is 43.6. The van der Waals surface area contributed by atoms with Crippen LogP contribution in [0.2, 0.25) is 0 Å². The fraction of sp³-hybridized carbons (Fsp3) is 0.600. The number of benzene rings is 1. The summed E-state index contributed by atoms with van der Waals surface area (Å²) in [5, 5.41) is 9.93. The molecule has 116 valence electrons. The fourth-order valence-corrected chi connectivity index (χ4v) is 6.30. The highest BCUT2D eigenvalue weighted by Gasteiger charge is 2.51. The second-order valence-electron chi connectivity index (χ2n) is 6.02. The first kappa shape index (κ1) is 14.8. The molecule has 1 aromatic rings. The van der Waals surface area contributed by atoms with Crippen LogP contribution >= 0.6 is 0 Å². The number of halogens is 1. The van der Waals surface area contributed by atoms with Crippen molar-refractivity contribution < 1.29 is 22.7 Å². The molecule has 0 aliphatic carbocycles. The standard InChI is InChI=1S/C15H19FO4S/c1-20-14-12(6-3-7-13(14)16)15(17)8-10-4-2-5-11(9-15)21(10,18)19/h3,6-7,10-11,17H,2,4-5,8-9H2,1H3. The van der Waals surface area contributed by atoms with Gasteiger partial charge in [0.2, 0.25) is 0 Å². The Kier molecular flexibility index (Phi) is 3.48. The molecule has 6 heteroatoms. The molecule has 2 unspecified atom stereocenters. The Balaban J connectivity index is 2.06. The third kappa shape index (κ3) is 2.25. The first-order valence-electron chi connectivity index (χ1n) is 7.16. The molecule has 0 amide bonds. The molecule has 2 aliphatic rings. The Morgan fingerprint density at radius 1 is 1.29 bits per heavy atom. The molecule has 1 aromatic carbocycles. The summed E-state index contributed by atoms with van der Waals surface area (Å²) in [5.41, 5.74) is -0.981. The quantitative estimate of drug-likeness (QED) is 0.908. The lowest BCUT2D eigenvalue weighted by atomic mass is 9.80. The molecule has 1 N–H and O–H groups in total. The molecule has 0 saturated carbocycles. The van der Waals surface area contributed by atoms with Crippen molar-refractivity contribution in [2.24, 2.45) is 0 Å². The summed E-state index contributed by atoms with van der Waals surface area (Å²) in [5.74, 6) is -0.528. The average Bonchev–Trinajstić information content (AvgIpc) is 2.40. The molecule has 21 heavy (non-hydrogen) atoms. The van der Waals surface area contributed by atoms with Crippen LogP contribution in [0.25, 0.3) is 0 Å². The molecule has 2 heterocycles. The van der Waals surface area contributed by atoms with Gasteiger partial charge in [-0.25, -0.2) is 12.8 Å². The zero-order valence-corrected chi connectivity index (χ0v) is 12.7. The van der Waals surface area contributed by atoms with Gasteiger partial charge in [0.1, 0.15) is 0 Å². The summed E-state index contributed by atoms with van der Waals surface area (Å²) in [6, 6.07) is 4.41. The van der Waals surface area contributed by atoms with Gasteiger partial charge in [0.05, 0.1) is 23.2 Å². The van der Waals surface area contributed by atoms with Gasteiger partial charge < -0.3 is 9.84 Å². The van der Waals surface area contributed by atoms with E-state index in [1.807, 2.05) is 0 Å². The van der Waals surface area contributed by atoms with E-state index < -0.39 is 31.8 Å². The van der Waals surface area contributed by atoms with Crippen LogP contribution in [-0.4, -0.2) is 31.1 Å². The minimum atomic E-state index is -3.17. The van der Waals surface area contributed by atoms with Crippen molar-refractivity contribution in [2.45, 2.75) is 48.2 Å².